The second-order valence-corrected chi connectivity index (χ2v) is 5.81. The quantitative estimate of drug-likeness (QED) is 0.738. The lowest BCUT2D eigenvalue weighted by Crippen LogP contribution is -2.29. The molecule has 7 nitrogen and oxygen atoms in total. The Bertz CT molecular complexity index is 889. The van der Waals surface area contributed by atoms with Crippen molar-refractivity contribution in [1.82, 2.24) is 25.1 Å². The van der Waals surface area contributed by atoms with Crippen LogP contribution in [0.5, 0.6) is 5.88 Å². The smallest absolute Gasteiger partial charge is 0.251 e. The first-order chi connectivity index (χ1) is 12.6. The molecule has 1 N–H and O–H groups in total. The summed E-state index contributed by atoms with van der Waals surface area (Å²) in [4.78, 5) is 21.1. The average Bonchev–Trinajstić information content (AvgIpc) is 3.12. The summed E-state index contributed by atoms with van der Waals surface area (Å²) < 4.78 is 6.89. The number of aryl methyl sites for hydroxylation is 1. The van der Waals surface area contributed by atoms with E-state index in [0.717, 1.165) is 17.7 Å². The molecule has 134 valence electrons. The zero-order chi connectivity index (χ0) is 18.5. The number of carbonyl (C=O) groups is 1. The van der Waals surface area contributed by atoms with Crippen molar-refractivity contribution >= 4 is 5.91 Å². The molecule has 0 aliphatic heterocycles. The number of aromatic nitrogens is 4. The zero-order valence-electron chi connectivity index (χ0n) is 15.0. The summed E-state index contributed by atoms with van der Waals surface area (Å²) >= 11 is 0. The van der Waals surface area contributed by atoms with E-state index in [1.54, 1.807) is 42.4 Å². The first-order valence-corrected chi connectivity index (χ1v) is 8.38. The van der Waals surface area contributed by atoms with Crippen LogP contribution in [-0.4, -0.2) is 32.8 Å². The fourth-order valence-electron chi connectivity index (χ4n) is 2.72. The van der Waals surface area contributed by atoms with Gasteiger partial charge in [0.05, 0.1) is 18.8 Å². The normalized spacial score (nSPS) is 11.8. The molecular formula is C19H21N5O2. The van der Waals surface area contributed by atoms with Gasteiger partial charge >= 0.3 is 0 Å². The summed E-state index contributed by atoms with van der Waals surface area (Å²) in [6, 6.07) is 10.7. The number of amides is 1. The van der Waals surface area contributed by atoms with Gasteiger partial charge in [-0.1, -0.05) is 19.1 Å². The standard InChI is InChI=1S/C19H21N5O2/c1-4-15(16-9-12-21-24(16)2)22-19(25)14-7-5-13(6-8-14)18-20-11-10-17(23-18)26-3/h5-12,15H,4H2,1-3H3,(H,22,25). The third-order valence-electron chi connectivity index (χ3n) is 4.17. The van der Waals surface area contributed by atoms with E-state index >= 15 is 0 Å². The van der Waals surface area contributed by atoms with Crippen LogP contribution in [-0.2, 0) is 7.05 Å². The Morgan fingerprint density at radius 1 is 1.19 bits per heavy atom. The Morgan fingerprint density at radius 3 is 2.58 bits per heavy atom. The highest BCUT2D eigenvalue weighted by atomic mass is 16.5. The fraction of sp³-hybridized carbons (Fsp3) is 0.263. The molecular weight excluding hydrogens is 330 g/mol. The average molecular weight is 351 g/mol. The van der Waals surface area contributed by atoms with Gasteiger partial charge in [0.25, 0.3) is 5.91 Å². The highest BCUT2D eigenvalue weighted by Crippen LogP contribution is 2.19. The van der Waals surface area contributed by atoms with Crippen LogP contribution in [0.2, 0.25) is 0 Å². The number of rotatable bonds is 6. The molecule has 1 unspecified atom stereocenters. The predicted octanol–water partition coefficient (Wildman–Crippen LogP) is 2.77. The molecule has 0 aliphatic carbocycles. The van der Waals surface area contributed by atoms with Crippen LogP contribution in [0.3, 0.4) is 0 Å². The summed E-state index contributed by atoms with van der Waals surface area (Å²) in [5.41, 5.74) is 2.37. The Labute approximate surface area is 152 Å². The van der Waals surface area contributed by atoms with Crippen LogP contribution in [0.4, 0.5) is 0 Å². The van der Waals surface area contributed by atoms with Crippen molar-refractivity contribution in [2.45, 2.75) is 19.4 Å². The van der Waals surface area contributed by atoms with Gasteiger partial charge in [-0.25, -0.2) is 4.98 Å². The van der Waals surface area contributed by atoms with Gasteiger partial charge in [0.15, 0.2) is 5.82 Å². The van der Waals surface area contributed by atoms with Gasteiger partial charge in [-0.3, -0.25) is 9.48 Å². The van der Waals surface area contributed by atoms with E-state index in [-0.39, 0.29) is 11.9 Å². The Balaban J connectivity index is 1.75. The number of methoxy groups -OCH3 is 1. The minimum atomic E-state index is -0.129. The minimum Gasteiger partial charge on any atom is -0.481 e. The molecule has 3 aromatic rings. The van der Waals surface area contributed by atoms with E-state index in [0.29, 0.717) is 17.3 Å². The maximum atomic E-state index is 12.6. The third-order valence-corrected chi connectivity index (χ3v) is 4.17. The van der Waals surface area contributed by atoms with E-state index in [1.807, 2.05) is 32.2 Å². The summed E-state index contributed by atoms with van der Waals surface area (Å²) in [7, 11) is 3.43. The van der Waals surface area contributed by atoms with E-state index in [2.05, 4.69) is 20.4 Å². The van der Waals surface area contributed by atoms with Crippen molar-refractivity contribution in [1.29, 1.82) is 0 Å². The SMILES string of the molecule is CCC(NC(=O)c1ccc(-c2nccc(OC)n2)cc1)c1ccnn1C. The molecule has 3 rings (SSSR count). The van der Waals surface area contributed by atoms with E-state index < -0.39 is 0 Å². The van der Waals surface area contributed by atoms with Crippen molar-refractivity contribution in [3.8, 4) is 17.3 Å². The largest absolute Gasteiger partial charge is 0.481 e. The van der Waals surface area contributed by atoms with Crippen LogP contribution in [0.15, 0.2) is 48.8 Å². The van der Waals surface area contributed by atoms with Gasteiger partial charge in [-0.05, 0) is 24.6 Å². The number of benzene rings is 1. The lowest BCUT2D eigenvalue weighted by Gasteiger charge is -2.17. The van der Waals surface area contributed by atoms with Gasteiger partial charge in [0, 0.05) is 36.6 Å². The highest BCUT2D eigenvalue weighted by molar-refractivity contribution is 5.94. The molecule has 0 fully saturated rings. The van der Waals surface area contributed by atoms with Gasteiger partial charge in [-0.2, -0.15) is 10.1 Å². The summed E-state index contributed by atoms with van der Waals surface area (Å²) in [6.07, 6.45) is 4.15. The number of nitrogens with one attached hydrogen (secondary N) is 1. The number of hydrogen-bond donors (Lipinski definition) is 1. The third kappa shape index (κ3) is 3.72. The molecule has 2 aromatic heterocycles. The molecule has 0 saturated heterocycles. The molecule has 1 atom stereocenters. The summed E-state index contributed by atoms with van der Waals surface area (Å²) in [5, 5.41) is 7.22. The molecule has 1 aromatic carbocycles. The number of nitrogens with zero attached hydrogens (tertiary/aromatic N) is 4. The van der Waals surface area contributed by atoms with Crippen LogP contribution in [0.25, 0.3) is 11.4 Å². The maximum Gasteiger partial charge on any atom is 0.251 e. The molecule has 0 aliphatic rings. The monoisotopic (exact) mass is 351 g/mol. The van der Waals surface area contributed by atoms with E-state index in [4.69, 9.17) is 4.74 Å². The zero-order valence-corrected chi connectivity index (χ0v) is 15.0. The molecule has 0 spiro atoms. The van der Waals surface area contributed by atoms with Crippen LogP contribution >= 0.6 is 0 Å². The molecule has 0 bridgehead atoms. The van der Waals surface area contributed by atoms with Gasteiger partial charge in [-0.15, -0.1) is 0 Å². The van der Waals surface area contributed by atoms with Crippen molar-refractivity contribution in [3.63, 3.8) is 0 Å². The molecule has 26 heavy (non-hydrogen) atoms. The van der Waals surface area contributed by atoms with Gasteiger partial charge < -0.3 is 10.1 Å². The van der Waals surface area contributed by atoms with Crippen LogP contribution in [0, 0.1) is 0 Å². The topological polar surface area (TPSA) is 81.9 Å². The first-order valence-electron chi connectivity index (χ1n) is 8.38. The van der Waals surface area contributed by atoms with Gasteiger partial charge in [0.2, 0.25) is 5.88 Å². The lowest BCUT2D eigenvalue weighted by atomic mass is 10.1. The van der Waals surface area contributed by atoms with Gasteiger partial charge in [0.1, 0.15) is 0 Å². The number of hydrogen-bond acceptors (Lipinski definition) is 5. The van der Waals surface area contributed by atoms with Crippen LogP contribution < -0.4 is 10.1 Å². The number of carbonyl (C=O) groups excluding carboxylic acids is 1. The second kappa shape index (κ2) is 7.77. The first kappa shape index (κ1) is 17.6. The molecule has 2 heterocycles. The van der Waals surface area contributed by atoms with Crippen LogP contribution in [0.1, 0.15) is 35.4 Å². The Kier molecular flexibility index (Phi) is 5.26. The van der Waals surface area contributed by atoms with Crippen molar-refractivity contribution in [2.24, 2.45) is 7.05 Å². The highest BCUT2D eigenvalue weighted by Gasteiger charge is 2.17. The lowest BCUT2D eigenvalue weighted by molar-refractivity contribution is 0.0934. The van der Waals surface area contributed by atoms with E-state index in [1.165, 1.54) is 0 Å². The summed E-state index contributed by atoms with van der Waals surface area (Å²) in [5.74, 6) is 0.924. The fourth-order valence-corrected chi connectivity index (χ4v) is 2.72. The van der Waals surface area contributed by atoms with E-state index in [9.17, 15) is 4.79 Å². The predicted molar refractivity (Wildman–Crippen MR) is 97.7 cm³/mol. The van der Waals surface area contributed by atoms with Crippen molar-refractivity contribution in [2.75, 3.05) is 7.11 Å². The summed E-state index contributed by atoms with van der Waals surface area (Å²) in [6.45, 7) is 2.03. The minimum absolute atomic E-state index is 0.0867. The van der Waals surface area contributed by atoms with Crippen molar-refractivity contribution < 1.29 is 9.53 Å². The Hall–Kier alpha value is -3.22. The number of ether oxygens (including phenoxy) is 1. The van der Waals surface area contributed by atoms with Crippen molar-refractivity contribution in [3.05, 3.63) is 60.0 Å². The molecule has 0 saturated carbocycles. The molecule has 7 heteroatoms. The second-order valence-electron chi connectivity index (χ2n) is 5.81. The molecule has 1 amide bonds. The molecule has 0 radical (unpaired) electrons. The Morgan fingerprint density at radius 2 is 1.96 bits per heavy atom. The maximum absolute atomic E-state index is 12.6.